The Kier molecular flexibility index (Phi) is 12.5. The molecule has 0 aliphatic carbocycles. The van der Waals surface area contributed by atoms with Crippen LogP contribution in [0.3, 0.4) is 0 Å². The van der Waals surface area contributed by atoms with Crippen molar-refractivity contribution < 1.29 is 0 Å². The third-order valence-corrected chi connectivity index (χ3v) is 5.39. The molecule has 0 radical (unpaired) electrons. The Hall–Kier alpha value is -1.09. The maximum absolute atomic E-state index is 4.56. The quantitative estimate of drug-likeness (QED) is 0.226. The summed E-state index contributed by atoms with van der Waals surface area (Å²) in [7, 11) is 1.83. The summed E-state index contributed by atoms with van der Waals surface area (Å²) < 4.78 is 0. The zero-order valence-corrected chi connectivity index (χ0v) is 21.3. The van der Waals surface area contributed by atoms with Crippen molar-refractivity contribution >= 4 is 35.8 Å². The highest BCUT2D eigenvalue weighted by Crippen LogP contribution is 2.18. The molecule has 0 spiro atoms. The SMILES string of the molecule is CN=C(NCCCN(C(C)C)C(C)C)NCc1ccnc(N2CCCCC2)c1.I. The maximum atomic E-state index is 4.56. The van der Waals surface area contributed by atoms with E-state index in [0.717, 1.165) is 50.9 Å². The topological polar surface area (TPSA) is 55.8 Å². The van der Waals surface area contributed by atoms with Crippen molar-refractivity contribution in [3.05, 3.63) is 23.9 Å². The minimum absolute atomic E-state index is 0. The lowest BCUT2D eigenvalue weighted by Gasteiger charge is -2.30. The Morgan fingerprint density at radius 2 is 1.83 bits per heavy atom. The summed E-state index contributed by atoms with van der Waals surface area (Å²) in [6.45, 7) is 14.1. The minimum atomic E-state index is 0. The van der Waals surface area contributed by atoms with Gasteiger partial charge in [-0.05, 0) is 71.1 Å². The van der Waals surface area contributed by atoms with Gasteiger partial charge in [0.25, 0.3) is 0 Å². The van der Waals surface area contributed by atoms with Crippen LogP contribution in [0.2, 0.25) is 0 Å². The van der Waals surface area contributed by atoms with Crippen molar-refractivity contribution in [2.24, 2.45) is 4.99 Å². The normalized spacial score (nSPS) is 15.0. The molecule has 0 atom stereocenters. The van der Waals surface area contributed by atoms with Crippen molar-refractivity contribution in [2.75, 3.05) is 38.1 Å². The molecule has 1 aliphatic heterocycles. The lowest BCUT2D eigenvalue weighted by molar-refractivity contribution is 0.173. The van der Waals surface area contributed by atoms with Gasteiger partial charge in [-0.3, -0.25) is 9.89 Å². The minimum Gasteiger partial charge on any atom is -0.357 e. The van der Waals surface area contributed by atoms with Gasteiger partial charge in [-0.2, -0.15) is 0 Å². The van der Waals surface area contributed by atoms with Crippen LogP contribution in [0.4, 0.5) is 5.82 Å². The second-order valence-corrected chi connectivity index (χ2v) is 8.20. The van der Waals surface area contributed by atoms with E-state index in [-0.39, 0.29) is 24.0 Å². The van der Waals surface area contributed by atoms with Crippen LogP contribution < -0.4 is 15.5 Å². The molecule has 1 aromatic rings. The van der Waals surface area contributed by atoms with Crippen molar-refractivity contribution in [3.63, 3.8) is 0 Å². The zero-order chi connectivity index (χ0) is 20.4. The van der Waals surface area contributed by atoms with Crippen LogP contribution in [-0.2, 0) is 6.54 Å². The van der Waals surface area contributed by atoms with Gasteiger partial charge in [-0.1, -0.05) is 0 Å². The summed E-state index contributed by atoms with van der Waals surface area (Å²) in [5.74, 6) is 1.96. The highest BCUT2D eigenvalue weighted by Gasteiger charge is 2.13. The highest BCUT2D eigenvalue weighted by atomic mass is 127. The molecule has 1 aliphatic rings. The lowest BCUT2D eigenvalue weighted by Crippen LogP contribution is -2.41. The van der Waals surface area contributed by atoms with Gasteiger partial charge in [0.05, 0.1) is 0 Å². The molecule has 1 saturated heterocycles. The summed E-state index contributed by atoms with van der Waals surface area (Å²) in [6, 6.07) is 5.45. The van der Waals surface area contributed by atoms with Gasteiger partial charge < -0.3 is 15.5 Å². The zero-order valence-electron chi connectivity index (χ0n) is 18.9. The third kappa shape index (κ3) is 9.07. The number of aromatic nitrogens is 1. The predicted octanol–water partition coefficient (Wildman–Crippen LogP) is 3.86. The molecule has 2 heterocycles. The molecule has 0 aromatic carbocycles. The van der Waals surface area contributed by atoms with Gasteiger partial charge in [-0.15, -0.1) is 24.0 Å². The Balaban J connectivity index is 0.00000420. The Morgan fingerprint density at radius 3 is 2.45 bits per heavy atom. The van der Waals surface area contributed by atoms with Crippen molar-refractivity contribution in [1.29, 1.82) is 0 Å². The molecular weight excluding hydrogens is 475 g/mol. The third-order valence-electron chi connectivity index (χ3n) is 5.39. The average Bonchev–Trinajstić information content (AvgIpc) is 2.70. The van der Waals surface area contributed by atoms with Crippen molar-refractivity contribution in [1.82, 2.24) is 20.5 Å². The number of rotatable bonds is 9. The second-order valence-electron chi connectivity index (χ2n) is 8.20. The van der Waals surface area contributed by atoms with E-state index in [9.17, 15) is 0 Å². The monoisotopic (exact) mass is 516 g/mol. The molecule has 0 amide bonds. The van der Waals surface area contributed by atoms with Crippen molar-refractivity contribution in [2.45, 2.75) is 72.0 Å². The van der Waals surface area contributed by atoms with E-state index in [1.807, 2.05) is 13.2 Å². The van der Waals surface area contributed by atoms with Gasteiger partial charge in [-0.25, -0.2) is 4.98 Å². The van der Waals surface area contributed by atoms with Crippen LogP contribution in [0.25, 0.3) is 0 Å². The number of guanidine groups is 1. The van der Waals surface area contributed by atoms with Gasteiger partial charge in [0, 0.05) is 58.1 Å². The Bertz CT molecular complexity index is 591. The van der Waals surface area contributed by atoms with E-state index in [1.165, 1.54) is 24.8 Å². The first-order valence-electron chi connectivity index (χ1n) is 10.9. The summed E-state index contributed by atoms with van der Waals surface area (Å²) >= 11 is 0. The van der Waals surface area contributed by atoms with Crippen molar-refractivity contribution in [3.8, 4) is 0 Å². The number of halogens is 1. The maximum Gasteiger partial charge on any atom is 0.191 e. The molecule has 0 bridgehead atoms. The van der Waals surface area contributed by atoms with Gasteiger partial charge in [0.15, 0.2) is 5.96 Å². The predicted molar refractivity (Wildman–Crippen MR) is 136 cm³/mol. The van der Waals surface area contributed by atoms with Crippen LogP contribution in [0.1, 0.15) is 58.9 Å². The molecule has 166 valence electrons. The van der Waals surface area contributed by atoms with E-state index >= 15 is 0 Å². The molecule has 1 aromatic heterocycles. The molecule has 1 fully saturated rings. The fourth-order valence-corrected chi connectivity index (χ4v) is 3.85. The molecular formula is C22H41IN6. The number of nitrogens with zero attached hydrogens (tertiary/aromatic N) is 4. The summed E-state index contributed by atoms with van der Waals surface area (Å²) in [4.78, 5) is 13.8. The number of nitrogens with one attached hydrogen (secondary N) is 2. The van der Waals surface area contributed by atoms with Crippen LogP contribution in [0.5, 0.6) is 0 Å². The largest absolute Gasteiger partial charge is 0.357 e. The number of hydrogen-bond donors (Lipinski definition) is 2. The van der Waals surface area contributed by atoms with Crippen LogP contribution in [-0.4, -0.2) is 61.2 Å². The Morgan fingerprint density at radius 1 is 1.14 bits per heavy atom. The molecule has 0 unspecified atom stereocenters. The number of piperidine rings is 1. The second kappa shape index (κ2) is 14.0. The average molecular weight is 517 g/mol. The fraction of sp³-hybridized carbons (Fsp3) is 0.727. The number of hydrogen-bond acceptors (Lipinski definition) is 4. The molecule has 6 nitrogen and oxygen atoms in total. The van der Waals surface area contributed by atoms with E-state index in [4.69, 9.17) is 0 Å². The summed E-state index contributed by atoms with van der Waals surface area (Å²) in [5, 5.41) is 6.87. The first kappa shape index (κ1) is 25.9. The Labute approximate surface area is 195 Å². The number of aliphatic imine (C=N–C) groups is 1. The van der Waals surface area contributed by atoms with E-state index < -0.39 is 0 Å². The fourth-order valence-electron chi connectivity index (χ4n) is 3.85. The first-order valence-corrected chi connectivity index (χ1v) is 10.9. The molecule has 2 rings (SSSR count). The summed E-state index contributed by atoms with van der Waals surface area (Å²) in [6.07, 6.45) is 6.90. The lowest BCUT2D eigenvalue weighted by atomic mass is 10.1. The summed E-state index contributed by atoms with van der Waals surface area (Å²) in [5.41, 5.74) is 1.24. The number of anilines is 1. The van der Waals surface area contributed by atoms with Crippen LogP contribution in [0.15, 0.2) is 23.3 Å². The van der Waals surface area contributed by atoms with Gasteiger partial charge in [0.1, 0.15) is 5.82 Å². The molecule has 7 heteroatoms. The molecule has 0 saturated carbocycles. The van der Waals surface area contributed by atoms with Gasteiger partial charge in [0.2, 0.25) is 0 Å². The van der Waals surface area contributed by atoms with E-state index in [2.05, 4.69) is 70.2 Å². The molecule has 2 N–H and O–H groups in total. The van der Waals surface area contributed by atoms with Crippen LogP contribution >= 0.6 is 24.0 Å². The first-order chi connectivity index (χ1) is 13.5. The van der Waals surface area contributed by atoms with Gasteiger partial charge >= 0.3 is 0 Å². The van der Waals surface area contributed by atoms with E-state index in [1.54, 1.807) is 0 Å². The number of pyridine rings is 1. The smallest absolute Gasteiger partial charge is 0.191 e. The van der Waals surface area contributed by atoms with E-state index in [0.29, 0.717) is 12.1 Å². The molecule has 29 heavy (non-hydrogen) atoms. The standard InChI is InChI=1S/C22H40N6.HI/c1-18(2)28(19(3)4)15-9-11-25-22(23-5)26-17-20-10-12-24-21(16-20)27-13-7-6-8-14-27;/h10,12,16,18-19H,6-9,11,13-15,17H2,1-5H3,(H2,23,25,26);1H. The van der Waals surface area contributed by atoms with Crippen LogP contribution in [0, 0.1) is 0 Å². The highest BCUT2D eigenvalue weighted by molar-refractivity contribution is 14.0.